The highest BCUT2D eigenvalue weighted by Crippen LogP contribution is 2.49. The Kier molecular flexibility index (Phi) is 4.16. The van der Waals surface area contributed by atoms with E-state index in [4.69, 9.17) is 0 Å². The summed E-state index contributed by atoms with van der Waals surface area (Å²) in [5.41, 5.74) is -1.30. The van der Waals surface area contributed by atoms with Gasteiger partial charge in [-0.25, -0.2) is 8.78 Å². The number of benzene rings is 1. The molecule has 5 rings (SSSR count). The maximum absolute atomic E-state index is 13.8. The van der Waals surface area contributed by atoms with Crippen LogP contribution in [0.3, 0.4) is 0 Å². The highest BCUT2D eigenvalue weighted by Gasteiger charge is 2.47. The Hall–Kier alpha value is -3.23. The van der Waals surface area contributed by atoms with Crippen molar-refractivity contribution in [2.45, 2.75) is 25.4 Å². The first-order valence-electron chi connectivity index (χ1n) is 9.83. The Balaban J connectivity index is 1.46. The highest BCUT2D eigenvalue weighted by atomic mass is 19.1. The molecule has 2 aromatic rings. The summed E-state index contributed by atoms with van der Waals surface area (Å²) in [4.78, 5) is 39.7. The number of pyridine rings is 1. The van der Waals surface area contributed by atoms with Gasteiger partial charge in [-0.1, -0.05) is 6.07 Å². The second-order valence-corrected chi connectivity index (χ2v) is 8.25. The van der Waals surface area contributed by atoms with Crippen molar-refractivity contribution >= 4 is 11.8 Å². The number of carbonyl (C=O) groups is 2. The standard InChI is InChI=1S/C21H19F2N3O4/c22-13-2-1-10(16(23)5-13)6-24-20(29)15-9-26-14-4-11-3-12(11)7-25(8-14)21(30)17(26)19(28)18(15)27/h1-2,5,9,11-12,14,28H,3-4,6-8H2,(H,24,29)/t11-,12+,14+/m1/s1. The Morgan fingerprint density at radius 1 is 1.17 bits per heavy atom. The molecule has 2 N–H and O–H groups in total. The van der Waals surface area contributed by atoms with Gasteiger partial charge in [-0.3, -0.25) is 14.4 Å². The van der Waals surface area contributed by atoms with Gasteiger partial charge >= 0.3 is 0 Å². The maximum atomic E-state index is 13.8. The van der Waals surface area contributed by atoms with Gasteiger partial charge in [-0.15, -0.1) is 0 Å². The predicted molar refractivity (Wildman–Crippen MR) is 101 cm³/mol. The van der Waals surface area contributed by atoms with Crippen LogP contribution < -0.4 is 10.7 Å². The number of nitrogens with zero attached hydrogens (tertiary/aromatic N) is 2. The van der Waals surface area contributed by atoms with Gasteiger partial charge < -0.3 is 19.9 Å². The summed E-state index contributed by atoms with van der Waals surface area (Å²) in [7, 11) is 0. The molecule has 3 atom stereocenters. The molecule has 9 heteroatoms. The third-order valence-corrected chi connectivity index (χ3v) is 6.32. The summed E-state index contributed by atoms with van der Waals surface area (Å²) in [6.45, 7) is 0.842. The first-order chi connectivity index (χ1) is 14.3. The first-order valence-corrected chi connectivity index (χ1v) is 9.83. The smallest absolute Gasteiger partial charge is 0.274 e. The molecule has 1 aromatic carbocycles. The number of carbonyl (C=O) groups excluding carboxylic acids is 2. The van der Waals surface area contributed by atoms with E-state index in [1.807, 2.05) is 0 Å². The molecule has 3 heterocycles. The van der Waals surface area contributed by atoms with Gasteiger partial charge in [0.15, 0.2) is 11.4 Å². The quantitative estimate of drug-likeness (QED) is 0.800. The number of fused-ring (bicyclic) bond motifs is 5. The van der Waals surface area contributed by atoms with E-state index in [0.29, 0.717) is 31.0 Å². The second-order valence-electron chi connectivity index (χ2n) is 8.25. The monoisotopic (exact) mass is 415 g/mol. The number of hydrogen-bond donors (Lipinski definition) is 2. The molecule has 2 bridgehead atoms. The minimum Gasteiger partial charge on any atom is -0.503 e. The average molecular weight is 415 g/mol. The van der Waals surface area contributed by atoms with Gasteiger partial charge in [0.2, 0.25) is 5.43 Å². The molecule has 2 fully saturated rings. The van der Waals surface area contributed by atoms with E-state index in [1.165, 1.54) is 12.3 Å². The lowest BCUT2D eigenvalue weighted by Gasteiger charge is -2.35. The summed E-state index contributed by atoms with van der Waals surface area (Å²) >= 11 is 0. The van der Waals surface area contributed by atoms with E-state index in [-0.39, 0.29) is 29.4 Å². The van der Waals surface area contributed by atoms with Crippen molar-refractivity contribution in [3.8, 4) is 5.75 Å². The Bertz CT molecular complexity index is 1150. The average Bonchev–Trinajstić information content (AvgIpc) is 3.44. The van der Waals surface area contributed by atoms with Crippen LogP contribution in [0, 0.1) is 23.5 Å². The van der Waals surface area contributed by atoms with Gasteiger partial charge in [-0.05, 0) is 30.7 Å². The van der Waals surface area contributed by atoms with Crippen molar-refractivity contribution in [2.24, 2.45) is 11.8 Å². The van der Waals surface area contributed by atoms with Gasteiger partial charge in [0, 0.05) is 37.5 Å². The number of amides is 2. The van der Waals surface area contributed by atoms with E-state index < -0.39 is 34.6 Å². The zero-order valence-corrected chi connectivity index (χ0v) is 15.9. The van der Waals surface area contributed by atoms with Crippen molar-refractivity contribution in [3.63, 3.8) is 0 Å². The molecule has 3 aliphatic rings. The van der Waals surface area contributed by atoms with Crippen LogP contribution in [-0.4, -0.2) is 39.5 Å². The topological polar surface area (TPSA) is 91.6 Å². The maximum Gasteiger partial charge on any atom is 0.274 e. The van der Waals surface area contributed by atoms with Crippen LogP contribution in [0.4, 0.5) is 8.78 Å². The minimum absolute atomic E-state index is 0.0568. The fourth-order valence-corrected chi connectivity index (χ4v) is 4.59. The summed E-state index contributed by atoms with van der Waals surface area (Å²) in [6, 6.07) is 2.85. The van der Waals surface area contributed by atoms with E-state index in [9.17, 15) is 28.3 Å². The molecule has 0 spiro atoms. The molecular weight excluding hydrogens is 396 g/mol. The number of halogens is 2. The molecule has 30 heavy (non-hydrogen) atoms. The lowest BCUT2D eigenvalue weighted by atomic mass is 10.0. The number of aromatic hydroxyl groups is 1. The van der Waals surface area contributed by atoms with Crippen molar-refractivity contribution in [1.29, 1.82) is 0 Å². The fourth-order valence-electron chi connectivity index (χ4n) is 4.59. The van der Waals surface area contributed by atoms with Crippen LogP contribution >= 0.6 is 0 Å². The predicted octanol–water partition coefficient (Wildman–Crippen LogP) is 1.80. The van der Waals surface area contributed by atoms with Crippen LogP contribution in [0.15, 0.2) is 29.2 Å². The number of nitrogens with one attached hydrogen (secondary N) is 1. The lowest BCUT2D eigenvalue weighted by molar-refractivity contribution is 0.0663. The normalized spacial score (nSPS) is 24.0. The Morgan fingerprint density at radius 2 is 1.97 bits per heavy atom. The molecule has 1 saturated carbocycles. The van der Waals surface area contributed by atoms with Crippen LogP contribution in [0.25, 0.3) is 0 Å². The Labute approximate surface area is 169 Å². The molecule has 0 unspecified atom stereocenters. The zero-order valence-electron chi connectivity index (χ0n) is 15.9. The molecular formula is C21H19F2N3O4. The SMILES string of the molecule is O=C(NCc1ccc(F)cc1F)c1cn2c(c(O)c1=O)C(=O)N1C[C@@H]3C[C@@H]3C[C@H]2C1. The van der Waals surface area contributed by atoms with E-state index in [0.717, 1.165) is 18.9 Å². The first kappa shape index (κ1) is 18.8. The minimum atomic E-state index is -0.948. The largest absolute Gasteiger partial charge is 0.503 e. The van der Waals surface area contributed by atoms with Crippen LogP contribution in [0.1, 0.15) is 45.3 Å². The summed E-state index contributed by atoms with van der Waals surface area (Å²) < 4.78 is 28.4. The zero-order chi connectivity index (χ0) is 21.2. The van der Waals surface area contributed by atoms with Crippen LogP contribution in [0.5, 0.6) is 5.75 Å². The summed E-state index contributed by atoms with van der Waals surface area (Å²) in [5, 5.41) is 12.9. The molecule has 2 amide bonds. The summed E-state index contributed by atoms with van der Waals surface area (Å²) in [5.74, 6) is -2.55. The molecule has 1 aliphatic carbocycles. The fraction of sp³-hybridized carbons (Fsp3) is 0.381. The van der Waals surface area contributed by atoms with Crippen molar-refractivity contribution in [3.05, 3.63) is 63.1 Å². The molecule has 1 aromatic heterocycles. The summed E-state index contributed by atoms with van der Waals surface area (Å²) in [6.07, 6.45) is 3.18. The van der Waals surface area contributed by atoms with Crippen LogP contribution in [0.2, 0.25) is 0 Å². The number of rotatable bonds is 3. The molecule has 0 radical (unpaired) electrons. The van der Waals surface area contributed by atoms with E-state index >= 15 is 0 Å². The third-order valence-electron chi connectivity index (χ3n) is 6.32. The van der Waals surface area contributed by atoms with Crippen LogP contribution in [-0.2, 0) is 6.54 Å². The number of aromatic nitrogens is 1. The van der Waals surface area contributed by atoms with Gasteiger partial charge in [0.05, 0.1) is 6.04 Å². The molecule has 1 saturated heterocycles. The molecule has 7 nitrogen and oxygen atoms in total. The van der Waals surface area contributed by atoms with Crippen molar-refractivity contribution in [1.82, 2.24) is 14.8 Å². The Morgan fingerprint density at radius 3 is 2.73 bits per heavy atom. The second kappa shape index (κ2) is 6.65. The van der Waals surface area contributed by atoms with Crippen molar-refractivity contribution < 1.29 is 23.5 Å². The van der Waals surface area contributed by atoms with E-state index in [1.54, 1.807) is 9.47 Å². The third kappa shape index (κ3) is 2.96. The highest BCUT2D eigenvalue weighted by molar-refractivity contribution is 5.99. The van der Waals surface area contributed by atoms with Gasteiger partial charge in [0.25, 0.3) is 11.8 Å². The van der Waals surface area contributed by atoms with E-state index in [2.05, 4.69) is 5.32 Å². The number of hydrogen-bond acceptors (Lipinski definition) is 4. The van der Waals surface area contributed by atoms with Crippen molar-refractivity contribution in [2.75, 3.05) is 13.1 Å². The van der Waals surface area contributed by atoms with Gasteiger partial charge in [0.1, 0.15) is 17.2 Å². The molecule has 156 valence electrons. The molecule has 2 aliphatic heterocycles. The lowest BCUT2D eigenvalue weighted by Crippen LogP contribution is -2.45. The van der Waals surface area contributed by atoms with Gasteiger partial charge in [-0.2, -0.15) is 0 Å².